The van der Waals surface area contributed by atoms with Crippen molar-refractivity contribution in [1.29, 1.82) is 0 Å². The Labute approximate surface area is 149 Å². The minimum Gasteiger partial charge on any atom is -0.449 e. The fraction of sp³-hybridized carbons (Fsp3) is 0.222. The summed E-state index contributed by atoms with van der Waals surface area (Å²) in [6.07, 6.45) is -0.124. The largest absolute Gasteiger partial charge is 0.449 e. The average Bonchev–Trinajstić information content (AvgIpc) is 3.00. The molecule has 3 rings (SSSR count). The van der Waals surface area contributed by atoms with Gasteiger partial charge in [0.05, 0.1) is 15.6 Å². The summed E-state index contributed by atoms with van der Waals surface area (Å²) < 4.78 is 5.29. The highest BCUT2D eigenvalue weighted by Gasteiger charge is 2.30. The summed E-state index contributed by atoms with van der Waals surface area (Å²) >= 11 is 11.9. The summed E-state index contributed by atoms with van der Waals surface area (Å²) in [5.41, 5.74) is 2.12. The highest BCUT2D eigenvalue weighted by atomic mass is 35.5. The SMILES string of the molecule is C[C@H](OC(=O)c1cccc(Cl)c1Cl)C(=O)N1CCc2ccccc21. The summed E-state index contributed by atoms with van der Waals surface area (Å²) in [5.74, 6) is -0.928. The van der Waals surface area contributed by atoms with Crippen molar-refractivity contribution in [2.24, 2.45) is 0 Å². The normalized spacial score (nSPS) is 14.2. The number of nitrogens with zero attached hydrogens (tertiary/aromatic N) is 1. The van der Waals surface area contributed by atoms with Gasteiger partial charge in [-0.05, 0) is 37.1 Å². The second kappa shape index (κ2) is 6.83. The molecule has 124 valence electrons. The van der Waals surface area contributed by atoms with Crippen LogP contribution < -0.4 is 4.90 Å². The van der Waals surface area contributed by atoms with Crippen molar-refractivity contribution in [2.45, 2.75) is 19.4 Å². The van der Waals surface area contributed by atoms with Crippen LogP contribution in [0.2, 0.25) is 10.0 Å². The lowest BCUT2D eigenvalue weighted by molar-refractivity contribution is -0.126. The van der Waals surface area contributed by atoms with Crippen LogP contribution >= 0.6 is 23.2 Å². The molecule has 6 heteroatoms. The summed E-state index contributed by atoms with van der Waals surface area (Å²) in [4.78, 5) is 26.5. The first-order chi connectivity index (χ1) is 11.5. The van der Waals surface area contributed by atoms with E-state index in [-0.39, 0.29) is 21.5 Å². The number of carbonyl (C=O) groups is 2. The molecule has 0 aromatic heterocycles. The van der Waals surface area contributed by atoms with E-state index in [4.69, 9.17) is 27.9 Å². The zero-order valence-electron chi connectivity index (χ0n) is 13.0. The van der Waals surface area contributed by atoms with Crippen LogP contribution in [-0.4, -0.2) is 24.5 Å². The molecule has 0 spiro atoms. The number of hydrogen-bond acceptors (Lipinski definition) is 3. The van der Waals surface area contributed by atoms with Gasteiger partial charge in [-0.15, -0.1) is 0 Å². The number of halogens is 2. The number of para-hydroxylation sites is 1. The first-order valence-electron chi connectivity index (χ1n) is 7.53. The molecule has 1 aliphatic heterocycles. The quantitative estimate of drug-likeness (QED) is 0.770. The molecule has 0 aliphatic carbocycles. The monoisotopic (exact) mass is 363 g/mol. The second-order valence-electron chi connectivity index (χ2n) is 5.52. The number of esters is 1. The molecule has 0 bridgehead atoms. The Morgan fingerprint density at radius 1 is 1.12 bits per heavy atom. The predicted molar refractivity (Wildman–Crippen MR) is 93.8 cm³/mol. The highest BCUT2D eigenvalue weighted by molar-refractivity contribution is 6.43. The van der Waals surface area contributed by atoms with Gasteiger partial charge in [0.15, 0.2) is 6.10 Å². The van der Waals surface area contributed by atoms with Crippen LogP contribution in [0.1, 0.15) is 22.8 Å². The van der Waals surface area contributed by atoms with E-state index in [9.17, 15) is 9.59 Å². The molecule has 4 nitrogen and oxygen atoms in total. The molecule has 2 aromatic rings. The minimum atomic E-state index is -0.918. The Morgan fingerprint density at radius 2 is 1.88 bits per heavy atom. The number of fused-ring (bicyclic) bond motifs is 1. The minimum absolute atomic E-state index is 0.121. The summed E-state index contributed by atoms with van der Waals surface area (Å²) in [7, 11) is 0. The third kappa shape index (κ3) is 3.12. The number of benzene rings is 2. The second-order valence-corrected chi connectivity index (χ2v) is 6.30. The Hall–Kier alpha value is -2.04. The molecule has 0 unspecified atom stereocenters. The van der Waals surface area contributed by atoms with Crippen LogP contribution in [0.25, 0.3) is 0 Å². The van der Waals surface area contributed by atoms with E-state index in [0.717, 1.165) is 17.7 Å². The van der Waals surface area contributed by atoms with Crippen molar-refractivity contribution in [3.05, 3.63) is 63.6 Å². The number of hydrogen-bond donors (Lipinski definition) is 0. The van der Waals surface area contributed by atoms with E-state index in [1.165, 1.54) is 6.07 Å². The van der Waals surface area contributed by atoms with Crippen molar-refractivity contribution in [3.63, 3.8) is 0 Å². The van der Waals surface area contributed by atoms with Gasteiger partial charge in [-0.3, -0.25) is 4.79 Å². The van der Waals surface area contributed by atoms with E-state index in [0.29, 0.717) is 6.54 Å². The standard InChI is InChI=1S/C18H15Cl2NO3/c1-11(24-18(23)13-6-4-7-14(19)16(13)20)17(22)21-10-9-12-5-2-3-8-15(12)21/h2-8,11H,9-10H2,1H3/t11-/m0/s1. The smallest absolute Gasteiger partial charge is 0.340 e. The molecular weight excluding hydrogens is 349 g/mol. The van der Waals surface area contributed by atoms with Gasteiger partial charge in [0.1, 0.15) is 0 Å². The Balaban J connectivity index is 1.73. The van der Waals surface area contributed by atoms with E-state index >= 15 is 0 Å². The lowest BCUT2D eigenvalue weighted by atomic mass is 10.2. The van der Waals surface area contributed by atoms with E-state index < -0.39 is 12.1 Å². The molecule has 1 atom stereocenters. The van der Waals surface area contributed by atoms with Gasteiger partial charge in [0, 0.05) is 12.2 Å². The molecule has 1 heterocycles. The molecule has 0 saturated heterocycles. The van der Waals surface area contributed by atoms with Gasteiger partial charge < -0.3 is 9.64 Å². The topological polar surface area (TPSA) is 46.6 Å². The van der Waals surface area contributed by atoms with E-state index in [2.05, 4.69) is 0 Å². The van der Waals surface area contributed by atoms with Gasteiger partial charge in [-0.25, -0.2) is 4.79 Å². The first-order valence-corrected chi connectivity index (χ1v) is 8.29. The predicted octanol–water partition coefficient (Wildman–Crippen LogP) is 4.13. The van der Waals surface area contributed by atoms with Gasteiger partial charge in [-0.2, -0.15) is 0 Å². The van der Waals surface area contributed by atoms with Crippen LogP contribution in [0, 0.1) is 0 Å². The molecule has 0 saturated carbocycles. The molecule has 0 fully saturated rings. The molecule has 1 aliphatic rings. The van der Waals surface area contributed by atoms with Crippen LogP contribution in [-0.2, 0) is 16.0 Å². The molecule has 2 aromatic carbocycles. The van der Waals surface area contributed by atoms with Crippen molar-refractivity contribution < 1.29 is 14.3 Å². The van der Waals surface area contributed by atoms with E-state index in [1.54, 1.807) is 24.0 Å². The lowest BCUT2D eigenvalue weighted by Crippen LogP contribution is -2.39. The Bertz CT molecular complexity index is 807. The fourth-order valence-electron chi connectivity index (χ4n) is 2.72. The van der Waals surface area contributed by atoms with Gasteiger partial charge >= 0.3 is 5.97 Å². The summed E-state index contributed by atoms with van der Waals surface area (Å²) in [6, 6.07) is 12.4. The van der Waals surface area contributed by atoms with Gasteiger partial charge in [0.25, 0.3) is 5.91 Å². The maximum Gasteiger partial charge on any atom is 0.340 e. The van der Waals surface area contributed by atoms with Gasteiger partial charge in [0.2, 0.25) is 0 Å². The van der Waals surface area contributed by atoms with Crippen molar-refractivity contribution in [3.8, 4) is 0 Å². The van der Waals surface area contributed by atoms with Crippen molar-refractivity contribution >= 4 is 40.8 Å². The number of anilines is 1. The average molecular weight is 364 g/mol. The van der Waals surface area contributed by atoms with Crippen molar-refractivity contribution in [1.82, 2.24) is 0 Å². The number of carbonyl (C=O) groups excluding carboxylic acids is 2. The Morgan fingerprint density at radius 3 is 2.67 bits per heavy atom. The maximum absolute atomic E-state index is 12.6. The molecular formula is C18H15Cl2NO3. The third-order valence-corrected chi connectivity index (χ3v) is 4.78. The molecule has 1 amide bonds. The van der Waals surface area contributed by atoms with Crippen LogP contribution in [0.15, 0.2) is 42.5 Å². The van der Waals surface area contributed by atoms with Crippen molar-refractivity contribution in [2.75, 3.05) is 11.4 Å². The van der Waals surface area contributed by atoms with Crippen LogP contribution in [0.4, 0.5) is 5.69 Å². The third-order valence-electron chi connectivity index (χ3n) is 3.96. The zero-order chi connectivity index (χ0) is 17.3. The first kappa shape index (κ1) is 16.8. The highest BCUT2D eigenvalue weighted by Crippen LogP contribution is 2.29. The van der Waals surface area contributed by atoms with Gasteiger partial charge in [-0.1, -0.05) is 47.5 Å². The number of amides is 1. The zero-order valence-corrected chi connectivity index (χ0v) is 14.5. The number of rotatable bonds is 3. The summed E-state index contributed by atoms with van der Waals surface area (Å²) in [5, 5.41) is 0.383. The summed E-state index contributed by atoms with van der Waals surface area (Å²) in [6.45, 7) is 2.14. The van der Waals surface area contributed by atoms with Crippen LogP contribution in [0.5, 0.6) is 0 Å². The molecule has 24 heavy (non-hydrogen) atoms. The van der Waals surface area contributed by atoms with Crippen LogP contribution in [0.3, 0.4) is 0 Å². The maximum atomic E-state index is 12.6. The molecule has 0 radical (unpaired) electrons. The molecule has 0 N–H and O–H groups in total. The van der Waals surface area contributed by atoms with E-state index in [1.807, 2.05) is 24.3 Å². The Kier molecular flexibility index (Phi) is 4.78. The lowest BCUT2D eigenvalue weighted by Gasteiger charge is -2.22. The number of ether oxygens (including phenoxy) is 1. The fourth-order valence-corrected chi connectivity index (χ4v) is 3.10.